The zero-order valence-electron chi connectivity index (χ0n) is 22.5. The third-order valence-corrected chi connectivity index (χ3v) is 7.75. The molecule has 0 bridgehead atoms. The molecule has 2 aromatic heterocycles. The molecule has 0 spiro atoms. The standard InChI is InChI=1S/C28H36ClFN6O3/c1-28(37)9-6-10-36(19-28)26-22-15-31-25(29)23(30)24(22)32-27(33-26)39-18-21(38-2)17-35-13-11-34(12-14-35)16-20-7-4-3-5-8-20/h3-5,7-8,15,21,37H,6,9-14,16-19H2,1-2H3. The van der Waals surface area contributed by atoms with Crippen molar-refractivity contribution in [2.75, 3.05) is 64.4 Å². The third-order valence-electron chi connectivity index (χ3n) is 7.48. The molecule has 0 saturated carbocycles. The highest BCUT2D eigenvalue weighted by molar-refractivity contribution is 6.30. The Hall–Kier alpha value is -2.63. The Bertz CT molecular complexity index is 1260. The lowest BCUT2D eigenvalue weighted by Gasteiger charge is -2.38. The lowest BCUT2D eigenvalue weighted by Crippen LogP contribution is -2.49. The molecule has 11 heteroatoms. The molecule has 2 aliphatic rings. The van der Waals surface area contributed by atoms with E-state index < -0.39 is 11.4 Å². The van der Waals surface area contributed by atoms with Gasteiger partial charge in [0, 0.05) is 65.7 Å². The van der Waals surface area contributed by atoms with Gasteiger partial charge in [-0.05, 0) is 25.3 Å². The molecule has 4 heterocycles. The van der Waals surface area contributed by atoms with Crippen molar-refractivity contribution in [1.82, 2.24) is 24.8 Å². The normalized spacial score (nSPS) is 21.8. The number of fused-ring (bicyclic) bond motifs is 1. The van der Waals surface area contributed by atoms with E-state index in [4.69, 9.17) is 21.1 Å². The summed E-state index contributed by atoms with van der Waals surface area (Å²) in [5.74, 6) is -0.246. The highest BCUT2D eigenvalue weighted by atomic mass is 35.5. The SMILES string of the molecule is COC(COc1nc(N2CCCC(C)(O)C2)c2cnc(Cl)c(F)c2n1)CN1CCN(Cc2ccccc2)CC1. The van der Waals surface area contributed by atoms with E-state index in [9.17, 15) is 9.50 Å². The Morgan fingerprint density at radius 2 is 1.85 bits per heavy atom. The fourth-order valence-electron chi connectivity index (χ4n) is 5.33. The van der Waals surface area contributed by atoms with Crippen LogP contribution in [0.15, 0.2) is 36.5 Å². The van der Waals surface area contributed by atoms with E-state index in [0.717, 1.165) is 39.1 Å². The van der Waals surface area contributed by atoms with Gasteiger partial charge in [-0.15, -0.1) is 0 Å². The maximum Gasteiger partial charge on any atom is 0.319 e. The first-order chi connectivity index (χ1) is 18.8. The number of hydrogen-bond donors (Lipinski definition) is 1. The van der Waals surface area contributed by atoms with Crippen LogP contribution in [0.1, 0.15) is 25.3 Å². The minimum Gasteiger partial charge on any atom is -0.461 e. The summed E-state index contributed by atoms with van der Waals surface area (Å²) in [6.45, 7) is 8.54. The fraction of sp³-hybridized carbons (Fsp3) is 0.536. The minimum atomic E-state index is -0.874. The highest BCUT2D eigenvalue weighted by Crippen LogP contribution is 2.33. The number of halogens is 2. The molecule has 2 atom stereocenters. The van der Waals surface area contributed by atoms with Gasteiger partial charge in [-0.1, -0.05) is 41.9 Å². The van der Waals surface area contributed by atoms with Gasteiger partial charge >= 0.3 is 6.01 Å². The first-order valence-corrected chi connectivity index (χ1v) is 13.8. The monoisotopic (exact) mass is 558 g/mol. The summed E-state index contributed by atoms with van der Waals surface area (Å²) in [5.41, 5.74) is 0.496. The molecule has 2 fully saturated rings. The predicted octanol–water partition coefficient (Wildman–Crippen LogP) is 3.38. The average molecular weight is 559 g/mol. The van der Waals surface area contributed by atoms with Crippen LogP contribution in [0.25, 0.3) is 10.9 Å². The van der Waals surface area contributed by atoms with Gasteiger partial charge in [-0.25, -0.2) is 9.37 Å². The first kappa shape index (κ1) is 27.9. The topological polar surface area (TPSA) is 87.1 Å². The molecule has 9 nitrogen and oxygen atoms in total. The summed E-state index contributed by atoms with van der Waals surface area (Å²) in [6.07, 6.45) is 2.72. The largest absolute Gasteiger partial charge is 0.461 e. The number of benzene rings is 1. The van der Waals surface area contributed by atoms with Crippen molar-refractivity contribution in [3.63, 3.8) is 0 Å². The lowest BCUT2D eigenvalue weighted by molar-refractivity contribution is 0.0133. The smallest absolute Gasteiger partial charge is 0.319 e. The molecule has 5 rings (SSSR count). The van der Waals surface area contributed by atoms with Crippen LogP contribution in [0.2, 0.25) is 5.15 Å². The van der Waals surface area contributed by atoms with E-state index in [1.807, 2.05) is 11.0 Å². The highest BCUT2D eigenvalue weighted by Gasteiger charge is 2.31. The Kier molecular flexibility index (Phi) is 8.78. The first-order valence-electron chi connectivity index (χ1n) is 13.4. The number of nitrogens with zero attached hydrogens (tertiary/aromatic N) is 6. The number of β-amino-alcohol motifs (C(OH)–C–C–N with tert-alkyl or cyclic N) is 1. The Balaban J connectivity index is 1.24. The fourth-order valence-corrected chi connectivity index (χ4v) is 5.47. The number of ether oxygens (including phenoxy) is 2. The van der Waals surface area contributed by atoms with Crippen molar-refractivity contribution in [2.24, 2.45) is 0 Å². The Labute approximate surface area is 233 Å². The van der Waals surface area contributed by atoms with Crippen LogP contribution < -0.4 is 9.64 Å². The molecule has 2 unspecified atom stereocenters. The van der Waals surface area contributed by atoms with E-state index >= 15 is 0 Å². The summed E-state index contributed by atoms with van der Waals surface area (Å²) in [7, 11) is 1.66. The summed E-state index contributed by atoms with van der Waals surface area (Å²) in [5, 5.41) is 10.8. The molecule has 1 N–H and O–H groups in total. The van der Waals surface area contributed by atoms with Gasteiger partial charge < -0.3 is 19.5 Å². The predicted molar refractivity (Wildman–Crippen MR) is 149 cm³/mol. The van der Waals surface area contributed by atoms with Crippen molar-refractivity contribution < 1.29 is 19.0 Å². The number of piperazine rings is 1. The van der Waals surface area contributed by atoms with Gasteiger partial charge in [0.25, 0.3) is 0 Å². The van der Waals surface area contributed by atoms with Crippen molar-refractivity contribution in [3.05, 3.63) is 53.1 Å². The number of hydrogen-bond acceptors (Lipinski definition) is 9. The second-order valence-corrected chi connectivity index (χ2v) is 11.1. The molecule has 0 aliphatic carbocycles. The number of methoxy groups -OCH3 is 1. The zero-order valence-corrected chi connectivity index (χ0v) is 23.3. The second kappa shape index (κ2) is 12.3. The number of aromatic nitrogens is 3. The molecule has 3 aromatic rings. The number of aliphatic hydroxyl groups is 1. The Morgan fingerprint density at radius 1 is 1.10 bits per heavy atom. The van der Waals surface area contributed by atoms with Crippen LogP contribution in [0.4, 0.5) is 10.2 Å². The molecular weight excluding hydrogens is 523 g/mol. The van der Waals surface area contributed by atoms with E-state index in [1.54, 1.807) is 14.0 Å². The van der Waals surface area contributed by atoms with Gasteiger partial charge in [-0.2, -0.15) is 9.97 Å². The molecule has 2 saturated heterocycles. The number of piperidine rings is 1. The maximum absolute atomic E-state index is 15.0. The van der Waals surface area contributed by atoms with Crippen LogP contribution in [0.5, 0.6) is 6.01 Å². The second-order valence-electron chi connectivity index (χ2n) is 10.7. The van der Waals surface area contributed by atoms with Crippen molar-refractivity contribution in [3.8, 4) is 6.01 Å². The number of anilines is 1. The number of pyridine rings is 1. The van der Waals surface area contributed by atoms with E-state index in [1.165, 1.54) is 11.8 Å². The van der Waals surface area contributed by atoms with Crippen LogP contribution in [-0.4, -0.2) is 101 Å². The summed E-state index contributed by atoms with van der Waals surface area (Å²) >= 11 is 5.97. The summed E-state index contributed by atoms with van der Waals surface area (Å²) < 4.78 is 26.7. The van der Waals surface area contributed by atoms with Crippen molar-refractivity contribution >= 4 is 28.3 Å². The van der Waals surface area contributed by atoms with Crippen LogP contribution in [0, 0.1) is 5.82 Å². The lowest BCUT2D eigenvalue weighted by atomic mass is 9.95. The van der Waals surface area contributed by atoms with Crippen LogP contribution >= 0.6 is 11.6 Å². The zero-order chi connectivity index (χ0) is 27.4. The van der Waals surface area contributed by atoms with Crippen molar-refractivity contribution in [1.29, 1.82) is 0 Å². The molecular formula is C28H36ClFN6O3. The van der Waals surface area contributed by atoms with Gasteiger partial charge in [0.15, 0.2) is 11.0 Å². The third kappa shape index (κ3) is 6.93. The minimum absolute atomic E-state index is 0.0404. The quantitative estimate of drug-likeness (QED) is 0.397. The average Bonchev–Trinajstić information content (AvgIpc) is 2.94. The van der Waals surface area contributed by atoms with E-state index in [-0.39, 0.29) is 29.4 Å². The molecule has 0 amide bonds. The molecule has 2 aliphatic heterocycles. The summed E-state index contributed by atoms with van der Waals surface area (Å²) in [6, 6.07) is 10.6. The van der Waals surface area contributed by atoms with E-state index in [0.29, 0.717) is 37.3 Å². The summed E-state index contributed by atoms with van der Waals surface area (Å²) in [4.78, 5) is 19.7. The molecule has 39 heavy (non-hydrogen) atoms. The molecule has 0 radical (unpaired) electrons. The number of rotatable bonds is 9. The van der Waals surface area contributed by atoms with Crippen LogP contribution in [-0.2, 0) is 11.3 Å². The molecule has 210 valence electrons. The van der Waals surface area contributed by atoms with Crippen molar-refractivity contribution in [2.45, 2.75) is 38.0 Å². The molecule has 1 aromatic carbocycles. The van der Waals surface area contributed by atoms with E-state index in [2.05, 4.69) is 49.0 Å². The van der Waals surface area contributed by atoms with Gasteiger partial charge in [0.05, 0.1) is 11.0 Å². The van der Waals surface area contributed by atoms with Gasteiger partial charge in [0.1, 0.15) is 24.0 Å². The maximum atomic E-state index is 15.0. The van der Waals surface area contributed by atoms with Gasteiger partial charge in [0.2, 0.25) is 0 Å². The van der Waals surface area contributed by atoms with Gasteiger partial charge in [-0.3, -0.25) is 9.80 Å². The Morgan fingerprint density at radius 3 is 2.56 bits per heavy atom. The van der Waals surface area contributed by atoms with Crippen LogP contribution in [0.3, 0.4) is 0 Å².